The van der Waals surface area contributed by atoms with Crippen molar-refractivity contribution in [3.05, 3.63) is 35.4 Å². The van der Waals surface area contributed by atoms with Gasteiger partial charge in [0.1, 0.15) is 0 Å². The van der Waals surface area contributed by atoms with Crippen LogP contribution in [-0.4, -0.2) is 43.8 Å². The molecule has 2 rings (SSSR count). The molecule has 128 valence electrons. The smallest absolute Gasteiger partial charge is 0.341 e. The zero-order valence-electron chi connectivity index (χ0n) is 12.6. The van der Waals surface area contributed by atoms with Crippen molar-refractivity contribution in [3.8, 4) is 0 Å². The van der Waals surface area contributed by atoms with Gasteiger partial charge in [0.2, 0.25) is 5.91 Å². The number of carbonyl (C=O) groups is 1. The van der Waals surface area contributed by atoms with Crippen molar-refractivity contribution in [3.63, 3.8) is 0 Å². The van der Waals surface area contributed by atoms with Gasteiger partial charge in [-0.2, -0.15) is 13.2 Å². The van der Waals surface area contributed by atoms with Gasteiger partial charge in [-0.25, -0.2) is 8.42 Å². The Morgan fingerprint density at radius 3 is 2.35 bits per heavy atom. The molecule has 1 heterocycles. The number of aryl methyl sites for hydroxylation is 1. The Bertz CT molecular complexity index is 668. The van der Waals surface area contributed by atoms with Crippen molar-refractivity contribution in [1.29, 1.82) is 0 Å². The number of amides is 1. The van der Waals surface area contributed by atoms with Crippen LogP contribution < -0.4 is 0 Å². The Balaban J connectivity index is 1.88. The van der Waals surface area contributed by atoms with Crippen molar-refractivity contribution in [2.75, 3.05) is 19.3 Å². The monoisotopic (exact) mass is 349 g/mol. The molecular formula is C15H18F3NO3S. The lowest BCUT2D eigenvalue weighted by molar-refractivity contribution is -0.137. The van der Waals surface area contributed by atoms with Gasteiger partial charge in [0.25, 0.3) is 0 Å². The number of halogens is 3. The maximum atomic E-state index is 12.5. The van der Waals surface area contributed by atoms with E-state index in [1.54, 1.807) is 0 Å². The number of likely N-dealkylation sites (tertiary alicyclic amines) is 1. The Kier molecular flexibility index (Phi) is 5.03. The zero-order chi connectivity index (χ0) is 17.3. The summed E-state index contributed by atoms with van der Waals surface area (Å²) in [5.74, 6) is -0.170. The topological polar surface area (TPSA) is 54.5 Å². The van der Waals surface area contributed by atoms with E-state index in [4.69, 9.17) is 0 Å². The minimum atomic E-state index is -4.37. The van der Waals surface area contributed by atoms with Gasteiger partial charge < -0.3 is 4.90 Å². The summed E-state index contributed by atoms with van der Waals surface area (Å²) in [4.78, 5) is 13.6. The summed E-state index contributed by atoms with van der Waals surface area (Å²) in [6.45, 7) is 0.605. The maximum Gasteiger partial charge on any atom is 0.416 e. The van der Waals surface area contributed by atoms with Crippen molar-refractivity contribution in [1.82, 2.24) is 4.90 Å². The van der Waals surface area contributed by atoms with Gasteiger partial charge in [-0.05, 0) is 30.5 Å². The summed E-state index contributed by atoms with van der Waals surface area (Å²) in [6, 6.07) is 4.71. The van der Waals surface area contributed by atoms with Crippen LogP contribution in [0.25, 0.3) is 0 Å². The van der Waals surface area contributed by atoms with Gasteiger partial charge in [-0.3, -0.25) is 4.79 Å². The first-order valence-electron chi connectivity index (χ1n) is 7.20. The van der Waals surface area contributed by atoms with E-state index >= 15 is 0 Å². The molecule has 1 atom stereocenters. The molecule has 8 heteroatoms. The first-order valence-corrected chi connectivity index (χ1v) is 9.15. The summed E-state index contributed by atoms with van der Waals surface area (Å²) >= 11 is 0. The second-order valence-corrected chi connectivity index (χ2v) is 8.10. The summed E-state index contributed by atoms with van der Waals surface area (Å²) in [7, 11) is -3.16. The molecule has 0 aliphatic carbocycles. The summed E-state index contributed by atoms with van der Waals surface area (Å²) in [6.07, 6.45) is -2.29. The molecule has 23 heavy (non-hydrogen) atoms. The molecule has 1 fully saturated rings. The van der Waals surface area contributed by atoms with Gasteiger partial charge in [0, 0.05) is 25.8 Å². The van der Waals surface area contributed by atoms with Gasteiger partial charge >= 0.3 is 6.18 Å². The van der Waals surface area contributed by atoms with Crippen molar-refractivity contribution >= 4 is 15.7 Å². The largest absolute Gasteiger partial charge is 0.416 e. The van der Waals surface area contributed by atoms with Gasteiger partial charge in [-0.15, -0.1) is 0 Å². The molecule has 0 radical (unpaired) electrons. The van der Waals surface area contributed by atoms with Crippen molar-refractivity contribution in [2.45, 2.75) is 30.7 Å². The second-order valence-electron chi connectivity index (χ2n) is 5.77. The lowest BCUT2D eigenvalue weighted by Gasteiger charge is -2.16. The van der Waals surface area contributed by atoms with E-state index in [2.05, 4.69) is 0 Å². The molecule has 1 unspecified atom stereocenters. The fourth-order valence-corrected chi connectivity index (χ4v) is 3.56. The molecule has 1 saturated heterocycles. The number of alkyl halides is 3. The molecule has 1 aromatic rings. The highest BCUT2D eigenvalue weighted by Crippen LogP contribution is 2.29. The van der Waals surface area contributed by atoms with Gasteiger partial charge in [0.05, 0.1) is 10.8 Å². The third-order valence-corrected chi connectivity index (χ3v) is 5.61. The molecule has 0 spiro atoms. The predicted octanol–water partition coefficient (Wildman–Crippen LogP) is 2.28. The van der Waals surface area contributed by atoms with E-state index in [1.807, 2.05) is 0 Å². The number of sulfone groups is 1. The molecule has 1 aromatic carbocycles. The summed E-state index contributed by atoms with van der Waals surface area (Å²) in [5.41, 5.74) is -0.0756. The second kappa shape index (κ2) is 6.51. The lowest BCUT2D eigenvalue weighted by atomic mass is 10.1. The molecule has 0 aromatic heterocycles. The normalized spacial score (nSPS) is 19.1. The number of benzene rings is 1. The van der Waals surface area contributed by atoms with Crippen LogP contribution >= 0.6 is 0 Å². The van der Waals surface area contributed by atoms with Crippen molar-refractivity contribution in [2.24, 2.45) is 0 Å². The lowest BCUT2D eigenvalue weighted by Crippen LogP contribution is -2.31. The fourth-order valence-electron chi connectivity index (χ4n) is 2.57. The standard InChI is InChI=1S/C15H18F3NO3S/c1-23(21,22)13-8-9-19(10-13)14(20)7-4-11-2-5-12(6-3-11)15(16,17)18/h2-3,5-6,13H,4,7-10H2,1H3. The van der Waals surface area contributed by atoms with E-state index in [1.165, 1.54) is 17.0 Å². The molecule has 1 aliphatic rings. The third-order valence-electron chi connectivity index (χ3n) is 4.01. The molecule has 4 nitrogen and oxygen atoms in total. The van der Waals surface area contributed by atoms with Crippen molar-refractivity contribution < 1.29 is 26.4 Å². The Hall–Kier alpha value is -1.57. The van der Waals surface area contributed by atoms with Crippen LogP contribution in [0.2, 0.25) is 0 Å². The highest BCUT2D eigenvalue weighted by atomic mass is 32.2. The molecule has 0 saturated carbocycles. The van der Waals surface area contributed by atoms with Crippen LogP contribution in [0, 0.1) is 0 Å². The first-order chi connectivity index (χ1) is 10.6. The van der Waals surface area contributed by atoms with Crippen LogP contribution in [0.4, 0.5) is 13.2 Å². The number of rotatable bonds is 4. The van der Waals surface area contributed by atoms with E-state index < -0.39 is 26.8 Å². The molecule has 0 bridgehead atoms. The molecule has 1 aliphatic heterocycles. The number of hydrogen-bond acceptors (Lipinski definition) is 3. The highest BCUT2D eigenvalue weighted by molar-refractivity contribution is 7.91. The van der Waals surface area contributed by atoms with Crippen LogP contribution in [-0.2, 0) is 27.2 Å². The van der Waals surface area contributed by atoms with E-state index in [0.29, 0.717) is 24.9 Å². The SMILES string of the molecule is CS(=O)(=O)C1CCN(C(=O)CCc2ccc(C(F)(F)F)cc2)C1. The van der Waals surface area contributed by atoms with E-state index in [-0.39, 0.29) is 18.9 Å². The number of hydrogen-bond donors (Lipinski definition) is 0. The van der Waals surface area contributed by atoms with Crippen LogP contribution in [0.1, 0.15) is 24.0 Å². The maximum absolute atomic E-state index is 12.5. The zero-order valence-corrected chi connectivity index (χ0v) is 13.5. The van der Waals surface area contributed by atoms with Gasteiger partial charge in [-0.1, -0.05) is 12.1 Å². The Morgan fingerprint density at radius 1 is 1.26 bits per heavy atom. The average molecular weight is 349 g/mol. The average Bonchev–Trinajstić information content (AvgIpc) is 2.94. The minimum Gasteiger partial charge on any atom is -0.341 e. The number of nitrogens with zero attached hydrogens (tertiary/aromatic N) is 1. The first kappa shape index (κ1) is 17.8. The van der Waals surface area contributed by atoms with Crippen LogP contribution in [0.3, 0.4) is 0 Å². The molecule has 0 N–H and O–H groups in total. The fraction of sp³-hybridized carbons (Fsp3) is 0.533. The Morgan fingerprint density at radius 2 is 1.87 bits per heavy atom. The van der Waals surface area contributed by atoms with E-state index in [9.17, 15) is 26.4 Å². The summed E-state index contributed by atoms with van der Waals surface area (Å²) in [5, 5.41) is -0.516. The minimum absolute atomic E-state index is 0.155. The highest BCUT2D eigenvalue weighted by Gasteiger charge is 2.32. The van der Waals surface area contributed by atoms with Gasteiger partial charge in [0.15, 0.2) is 9.84 Å². The molecular weight excluding hydrogens is 331 g/mol. The van der Waals surface area contributed by atoms with Crippen LogP contribution in [0.5, 0.6) is 0 Å². The predicted molar refractivity (Wildman–Crippen MR) is 79.6 cm³/mol. The Labute approximate surface area is 133 Å². The quantitative estimate of drug-likeness (QED) is 0.838. The third kappa shape index (κ3) is 4.70. The number of carbonyl (C=O) groups excluding carboxylic acids is 1. The van der Waals surface area contributed by atoms with E-state index in [0.717, 1.165) is 18.4 Å². The van der Waals surface area contributed by atoms with Crippen LogP contribution in [0.15, 0.2) is 24.3 Å². The molecule has 1 amide bonds. The summed E-state index contributed by atoms with van der Waals surface area (Å²) < 4.78 is 60.3.